The fourth-order valence-corrected chi connectivity index (χ4v) is 4.08. The number of nitrogens with one attached hydrogen (secondary N) is 2. The quantitative estimate of drug-likeness (QED) is 0.451. The van der Waals surface area contributed by atoms with Crippen LogP contribution in [0.2, 0.25) is 10.0 Å². The molecular weight excluding hydrogens is 479 g/mol. The van der Waals surface area contributed by atoms with Crippen LogP contribution in [0.25, 0.3) is 6.08 Å². The summed E-state index contributed by atoms with van der Waals surface area (Å²) in [7, 11) is 0. The lowest BCUT2D eigenvalue weighted by Crippen LogP contribution is -2.50. The molecule has 0 spiro atoms. The molecule has 2 amide bonds. The van der Waals surface area contributed by atoms with Crippen molar-refractivity contribution >= 4 is 69.8 Å². The molecule has 0 unspecified atom stereocenters. The Morgan fingerprint density at radius 1 is 1.03 bits per heavy atom. The molecule has 3 rings (SSSR count). The van der Waals surface area contributed by atoms with Gasteiger partial charge in [0.05, 0.1) is 10.7 Å². The Morgan fingerprint density at radius 2 is 1.70 bits per heavy atom. The first-order valence-electron chi connectivity index (χ1n) is 10.6. The third kappa shape index (κ3) is 7.19. The van der Waals surface area contributed by atoms with Gasteiger partial charge < -0.3 is 15.1 Å². The Labute approximate surface area is 209 Å². The van der Waals surface area contributed by atoms with Crippen LogP contribution in [0.3, 0.4) is 0 Å². The molecule has 0 aromatic heterocycles. The Balaban J connectivity index is 1.52. The number of carbonyl (C=O) groups is 2. The highest BCUT2D eigenvalue weighted by atomic mass is 35.5. The van der Waals surface area contributed by atoms with Gasteiger partial charge in [-0.25, -0.2) is 0 Å². The third-order valence-electron chi connectivity index (χ3n) is 5.17. The number of nitrogens with zero attached hydrogens (tertiary/aromatic N) is 2. The standard InChI is InChI=1S/C24H26Cl2N4O2S/c1-16(2)23(32)30-13-11-29(12-14-30)21-9-8-19(15-20(21)26)27-24(33)28-22(31)10-5-17-3-6-18(25)7-4-17/h3-10,15-16H,11-14H2,1-2H3,(H2,27,28,31,33)/b10-5+. The molecule has 33 heavy (non-hydrogen) atoms. The van der Waals surface area contributed by atoms with Gasteiger partial charge in [0.15, 0.2) is 5.11 Å². The van der Waals surface area contributed by atoms with E-state index in [1.165, 1.54) is 6.08 Å². The van der Waals surface area contributed by atoms with Crippen molar-refractivity contribution < 1.29 is 9.59 Å². The number of thiocarbonyl (C=S) groups is 1. The highest BCUT2D eigenvalue weighted by molar-refractivity contribution is 7.80. The van der Waals surface area contributed by atoms with E-state index in [1.807, 2.05) is 43.0 Å². The van der Waals surface area contributed by atoms with Crippen molar-refractivity contribution in [3.8, 4) is 0 Å². The number of halogens is 2. The molecule has 174 valence electrons. The zero-order valence-electron chi connectivity index (χ0n) is 18.5. The Hall–Kier alpha value is -2.61. The first-order valence-corrected chi connectivity index (χ1v) is 11.8. The van der Waals surface area contributed by atoms with Crippen molar-refractivity contribution in [2.45, 2.75) is 13.8 Å². The molecule has 1 saturated heterocycles. The molecule has 1 fully saturated rings. The summed E-state index contributed by atoms with van der Waals surface area (Å²) in [5, 5.41) is 6.96. The molecule has 2 aromatic carbocycles. The van der Waals surface area contributed by atoms with Crippen LogP contribution < -0.4 is 15.5 Å². The van der Waals surface area contributed by atoms with Gasteiger partial charge in [0, 0.05) is 48.9 Å². The van der Waals surface area contributed by atoms with E-state index < -0.39 is 0 Å². The molecule has 0 radical (unpaired) electrons. The van der Waals surface area contributed by atoms with E-state index in [-0.39, 0.29) is 22.8 Å². The van der Waals surface area contributed by atoms with Gasteiger partial charge in [-0.2, -0.15) is 0 Å². The van der Waals surface area contributed by atoms with Crippen molar-refractivity contribution in [3.63, 3.8) is 0 Å². The van der Waals surface area contributed by atoms with E-state index in [0.29, 0.717) is 28.8 Å². The maximum atomic E-state index is 12.2. The maximum absolute atomic E-state index is 12.2. The number of piperazine rings is 1. The number of benzene rings is 2. The van der Waals surface area contributed by atoms with Crippen molar-refractivity contribution in [1.29, 1.82) is 0 Å². The Morgan fingerprint density at radius 3 is 2.30 bits per heavy atom. The molecule has 1 aliphatic heterocycles. The minimum absolute atomic E-state index is 0.00255. The molecule has 0 saturated carbocycles. The van der Waals surface area contributed by atoms with E-state index in [4.69, 9.17) is 35.4 Å². The number of amides is 2. The minimum Gasteiger partial charge on any atom is -0.367 e. The number of hydrogen-bond donors (Lipinski definition) is 2. The number of carbonyl (C=O) groups excluding carboxylic acids is 2. The molecule has 9 heteroatoms. The molecule has 1 aliphatic rings. The molecular formula is C24H26Cl2N4O2S. The van der Waals surface area contributed by atoms with E-state index >= 15 is 0 Å². The monoisotopic (exact) mass is 504 g/mol. The topological polar surface area (TPSA) is 64.7 Å². The van der Waals surface area contributed by atoms with Crippen molar-refractivity contribution in [1.82, 2.24) is 10.2 Å². The lowest BCUT2D eigenvalue weighted by Gasteiger charge is -2.37. The second kappa shape index (κ2) is 11.5. The zero-order chi connectivity index (χ0) is 24.0. The van der Waals surface area contributed by atoms with E-state index in [0.717, 1.165) is 24.3 Å². The number of rotatable bonds is 5. The van der Waals surface area contributed by atoms with Crippen LogP contribution in [0, 0.1) is 5.92 Å². The Bertz CT molecular complexity index is 1050. The second-order valence-corrected chi connectivity index (χ2v) is 9.21. The highest BCUT2D eigenvalue weighted by Gasteiger charge is 2.24. The number of anilines is 2. The summed E-state index contributed by atoms with van der Waals surface area (Å²) in [5.41, 5.74) is 2.43. The smallest absolute Gasteiger partial charge is 0.250 e. The van der Waals surface area contributed by atoms with Gasteiger partial charge in [-0.1, -0.05) is 49.2 Å². The van der Waals surface area contributed by atoms with Crippen LogP contribution in [0.15, 0.2) is 48.5 Å². The Kier molecular flexibility index (Phi) is 8.72. The number of hydrogen-bond acceptors (Lipinski definition) is 4. The first kappa shape index (κ1) is 25.0. The van der Waals surface area contributed by atoms with Crippen molar-refractivity contribution in [2.75, 3.05) is 36.4 Å². The summed E-state index contributed by atoms with van der Waals surface area (Å²) < 4.78 is 0. The summed E-state index contributed by atoms with van der Waals surface area (Å²) in [6.07, 6.45) is 3.07. The fraction of sp³-hybridized carbons (Fsp3) is 0.292. The lowest BCUT2D eigenvalue weighted by atomic mass is 10.1. The molecule has 0 aliphatic carbocycles. The lowest BCUT2D eigenvalue weighted by molar-refractivity contribution is -0.134. The van der Waals surface area contributed by atoms with Crippen LogP contribution >= 0.6 is 35.4 Å². The molecule has 6 nitrogen and oxygen atoms in total. The average Bonchev–Trinajstić information content (AvgIpc) is 2.78. The van der Waals surface area contributed by atoms with Crippen LogP contribution in [0.5, 0.6) is 0 Å². The van der Waals surface area contributed by atoms with E-state index in [9.17, 15) is 9.59 Å². The van der Waals surface area contributed by atoms with E-state index in [2.05, 4.69) is 15.5 Å². The SMILES string of the molecule is CC(C)C(=O)N1CCN(c2ccc(NC(=S)NC(=O)/C=C/c3ccc(Cl)cc3)cc2Cl)CC1. The molecule has 0 atom stereocenters. The molecule has 2 aromatic rings. The van der Waals surface area contributed by atoms with Gasteiger partial charge in [0.25, 0.3) is 0 Å². The van der Waals surface area contributed by atoms with Crippen molar-refractivity contribution in [2.24, 2.45) is 5.92 Å². The van der Waals surface area contributed by atoms with Gasteiger partial charge in [-0.3, -0.25) is 14.9 Å². The van der Waals surface area contributed by atoms with Gasteiger partial charge >= 0.3 is 0 Å². The summed E-state index contributed by atoms with van der Waals surface area (Å²) in [4.78, 5) is 28.4. The zero-order valence-corrected chi connectivity index (χ0v) is 20.8. The summed E-state index contributed by atoms with van der Waals surface area (Å²) in [6.45, 7) is 6.62. The van der Waals surface area contributed by atoms with Crippen LogP contribution in [0.1, 0.15) is 19.4 Å². The largest absolute Gasteiger partial charge is 0.367 e. The average molecular weight is 505 g/mol. The van der Waals surface area contributed by atoms with Gasteiger partial charge in [0.1, 0.15) is 0 Å². The van der Waals surface area contributed by atoms with Gasteiger partial charge in [0.2, 0.25) is 11.8 Å². The third-order valence-corrected chi connectivity index (χ3v) is 5.92. The first-order chi connectivity index (χ1) is 15.7. The van der Waals surface area contributed by atoms with Crippen LogP contribution in [0.4, 0.5) is 11.4 Å². The van der Waals surface area contributed by atoms with Gasteiger partial charge in [-0.15, -0.1) is 0 Å². The highest BCUT2D eigenvalue weighted by Crippen LogP contribution is 2.30. The normalized spacial score (nSPS) is 14.0. The molecule has 2 N–H and O–H groups in total. The molecule has 0 bridgehead atoms. The van der Waals surface area contributed by atoms with E-state index in [1.54, 1.807) is 24.3 Å². The summed E-state index contributed by atoms with van der Waals surface area (Å²) >= 11 is 17.6. The van der Waals surface area contributed by atoms with Gasteiger partial charge in [-0.05, 0) is 54.2 Å². The fourth-order valence-electron chi connectivity index (χ4n) is 3.44. The maximum Gasteiger partial charge on any atom is 0.250 e. The minimum atomic E-state index is -0.348. The predicted molar refractivity (Wildman–Crippen MR) is 140 cm³/mol. The summed E-state index contributed by atoms with van der Waals surface area (Å²) in [5.74, 6) is -0.166. The molecule has 1 heterocycles. The summed E-state index contributed by atoms with van der Waals surface area (Å²) in [6, 6.07) is 12.7. The van der Waals surface area contributed by atoms with Crippen LogP contribution in [-0.2, 0) is 9.59 Å². The van der Waals surface area contributed by atoms with Crippen molar-refractivity contribution in [3.05, 3.63) is 64.1 Å². The second-order valence-electron chi connectivity index (χ2n) is 7.96. The van der Waals surface area contributed by atoms with Crippen LogP contribution in [-0.4, -0.2) is 48.0 Å². The predicted octanol–water partition coefficient (Wildman–Crippen LogP) is 4.82.